The maximum absolute atomic E-state index is 13.0. The maximum Gasteiger partial charge on any atom is 0.320 e. The lowest BCUT2D eigenvalue weighted by molar-refractivity contribution is 0.204. The van der Waals surface area contributed by atoms with E-state index in [0.29, 0.717) is 24.5 Å². The number of rotatable bonds is 6. The molecule has 2 rings (SSSR count). The number of amides is 2. The van der Waals surface area contributed by atoms with Crippen LogP contribution in [-0.4, -0.2) is 34.1 Å². The summed E-state index contributed by atoms with van der Waals surface area (Å²) in [7, 11) is 0. The van der Waals surface area contributed by atoms with E-state index in [4.69, 9.17) is 5.11 Å². The zero-order chi connectivity index (χ0) is 17.7. The van der Waals surface area contributed by atoms with E-state index in [1.54, 1.807) is 22.9 Å². The van der Waals surface area contributed by atoms with Gasteiger partial charge in [0.05, 0.1) is 5.69 Å². The minimum atomic E-state index is -0.357. The Hall–Kier alpha value is -2.41. The van der Waals surface area contributed by atoms with Crippen molar-refractivity contribution in [1.29, 1.82) is 0 Å². The van der Waals surface area contributed by atoms with Crippen LogP contribution in [0.4, 0.5) is 15.0 Å². The van der Waals surface area contributed by atoms with Gasteiger partial charge in [-0.05, 0) is 43.0 Å². The van der Waals surface area contributed by atoms with Crippen LogP contribution in [-0.2, 0) is 0 Å². The van der Waals surface area contributed by atoms with E-state index in [1.807, 2.05) is 20.8 Å². The number of benzene rings is 1. The number of aliphatic hydroxyl groups is 1. The first kappa shape index (κ1) is 17.9. The molecule has 0 saturated heterocycles. The topological polar surface area (TPSA) is 79.2 Å². The Kier molecular flexibility index (Phi) is 5.56. The van der Waals surface area contributed by atoms with Gasteiger partial charge in [0, 0.05) is 24.9 Å². The number of halogens is 1. The Balaban J connectivity index is 2.00. The van der Waals surface area contributed by atoms with Gasteiger partial charge < -0.3 is 10.4 Å². The van der Waals surface area contributed by atoms with Crippen molar-refractivity contribution in [2.75, 3.05) is 18.5 Å². The molecule has 1 aromatic heterocycles. The third-order valence-electron chi connectivity index (χ3n) is 3.72. The molecular weight excluding hydrogens is 311 g/mol. The number of anilines is 1. The summed E-state index contributed by atoms with van der Waals surface area (Å²) in [5, 5.41) is 18.8. The first-order chi connectivity index (χ1) is 11.3. The van der Waals surface area contributed by atoms with E-state index >= 15 is 0 Å². The molecule has 7 heteroatoms. The van der Waals surface area contributed by atoms with E-state index in [0.717, 1.165) is 5.69 Å². The van der Waals surface area contributed by atoms with Crippen LogP contribution >= 0.6 is 0 Å². The number of aliphatic hydroxyl groups excluding tert-OH is 1. The van der Waals surface area contributed by atoms with E-state index in [-0.39, 0.29) is 23.9 Å². The average Bonchev–Trinajstić information content (AvgIpc) is 2.87. The van der Waals surface area contributed by atoms with Crippen LogP contribution in [0.25, 0.3) is 5.69 Å². The first-order valence-electron chi connectivity index (χ1n) is 7.79. The lowest BCUT2D eigenvalue weighted by atomic mass is 9.90. The van der Waals surface area contributed by atoms with Crippen LogP contribution in [0.5, 0.6) is 0 Å². The molecule has 0 saturated carbocycles. The number of hydrogen-bond acceptors (Lipinski definition) is 3. The molecule has 2 amide bonds. The molecule has 0 aliphatic heterocycles. The monoisotopic (exact) mass is 334 g/mol. The highest BCUT2D eigenvalue weighted by Crippen LogP contribution is 2.18. The van der Waals surface area contributed by atoms with E-state index < -0.39 is 0 Å². The smallest absolute Gasteiger partial charge is 0.320 e. The molecule has 0 aliphatic rings. The molecule has 2 aromatic rings. The van der Waals surface area contributed by atoms with Crippen LogP contribution in [0.2, 0.25) is 0 Å². The van der Waals surface area contributed by atoms with Crippen LogP contribution in [0.3, 0.4) is 0 Å². The predicted molar refractivity (Wildman–Crippen MR) is 90.8 cm³/mol. The molecule has 6 nitrogen and oxygen atoms in total. The summed E-state index contributed by atoms with van der Waals surface area (Å²) in [5.41, 5.74) is 1.35. The zero-order valence-corrected chi connectivity index (χ0v) is 14.1. The summed E-state index contributed by atoms with van der Waals surface area (Å²) in [6.45, 7) is 6.31. The molecule has 0 bridgehead atoms. The number of hydrogen-bond donors (Lipinski definition) is 3. The molecule has 0 spiro atoms. The van der Waals surface area contributed by atoms with Crippen molar-refractivity contribution in [1.82, 2.24) is 15.1 Å². The number of nitrogens with zero attached hydrogens (tertiary/aromatic N) is 2. The van der Waals surface area contributed by atoms with Crippen molar-refractivity contribution >= 4 is 11.8 Å². The van der Waals surface area contributed by atoms with Crippen molar-refractivity contribution in [2.24, 2.45) is 5.41 Å². The SMILES string of the molecule is Cc1cc(NC(=O)NCC(C)(C)CCO)nn1-c1ccc(F)cc1. The molecule has 1 aromatic carbocycles. The second kappa shape index (κ2) is 7.44. The first-order valence-corrected chi connectivity index (χ1v) is 7.79. The Bertz CT molecular complexity index is 695. The summed E-state index contributed by atoms with van der Waals surface area (Å²) < 4.78 is 14.6. The molecule has 0 unspecified atom stereocenters. The number of nitrogens with one attached hydrogen (secondary N) is 2. The van der Waals surface area contributed by atoms with Gasteiger partial charge in [0.2, 0.25) is 0 Å². The fourth-order valence-corrected chi connectivity index (χ4v) is 2.25. The average molecular weight is 334 g/mol. The lowest BCUT2D eigenvalue weighted by Crippen LogP contribution is -2.37. The second-order valence-electron chi connectivity index (χ2n) is 6.50. The fourth-order valence-electron chi connectivity index (χ4n) is 2.25. The highest BCUT2D eigenvalue weighted by Gasteiger charge is 2.18. The molecule has 3 N–H and O–H groups in total. The van der Waals surface area contributed by atoms with Crippen LogP contribution in [0.15, 0.2) is 30.3 Å². The van der Waals surface area contributed by atoms with Gasteiger partial charge in [-0.25, -0.2) is 13.9 Å². The predicted octanol–water partition coefficient (Wildman–Crippen LogP) is 2.85. The quantitative estimate of drug-likeness (QED) is 0.760. The highest BCUT2D eigenvalue weighted by molar-refractivity contribution is 5.88. The van der Waals surface area contributed by atoms with Gasteiger partial charge in [0.25, 0.3) is 0 Å². The number of aromatic nitrogens is 2. The Morgan fingerprint density at radius 2 is 2.00 bits per heavy atom. The van der Waals surface area contributed by atoms with Crippen LogP contribution in [0.1, 0.15) is 26.0 Å². The third-order valence-corrected chi connectivity index (χ3v) is 3.72. The van der Waals surface area contributed by atoms with Gasteiger partial charge in [-0.3, -0.25) is 5.32 Å². The van der Waals surface area contributed by atoms with E-state index in [2.05, 4.69) is 15.7 Å². The third kappa shape index (κ3) is 4.79. The molecular formula is C17H23FN4O2. The largest absolute Gasteiger partial charge is 0.396 e. The molecule has 0 radical (unpaired) electrons. The van der Waals surface area contributed by atoms with Crippen molar-refractivity contribution < 1.29 is 14.3 Å². The van der Waals surface area contributed by atoms with Gasteiger partial charge in [-0.2, -0.15) is 0 Å². The van der Waals surface area contributed by atoms with Crippen molar-refractivity contribution in [3.05, 3.63) is 41.8 Å². The standard InChI is InChI=1S/C17H23FN4O2/c1-12-10-15(20-16(24)19-11-17(2,3)8-9-23)21-22(12)14-6-4-13(18)5-7-14/h4-7,10,23H,8-9,11H2,1-3H3,(H2,19,20,21,24). The summed E-state index contributed by atoms with van der Waals surface area (Å²) in [4.78, 5) is 12.0. The van der Waals surface area contributed by atoms with Crippen LogP contribution < -0.4 is 10.6 Å². The Morgan fingerprint density at radius 3 is 2.62 bits per heavy atom. The van der Waals surface area contributed by atoms with Gasteiger partial charge in [-0.1, -0.05) is 13.8 Å². The van der Waals surface area contributed by atoms with Gasteiger partial charge in [-0.15, -0.1) is 5.10 Å². The highest BCUT2D eigenvalue weighted by atomic mass is 19.1. The number of urea groups is 1. The van der Waals surface area contributed by atoms with Crippen molar-refractivity contribution in [2.45, 2.75) is 27.2 Å². The summed E-state index contributed by atoms with van der Waals surface area (Å²) in [5.74, 6) is 0.0982. The minimum absolute atomic E-state index is 0.0809. The normalized spacial score (nSPS) is 11.4. The minimum Gasteiger partial charge on any atom is -0.396 e. The van der Waals surface area contributed by atoms with Gasteiger partial charge in [0.1, 0.15) is 5.82 Å². The van der Waals surface area contributed by atoms with Crippen molar-refractivity contribution in [3.63, 3.8) is 0 Å². The van der Waals surface area contributed by atoms with Crippen LogP contribution in [0, 0.1) is 18.2 Å². The maximum atomic E-state index is 13.0. The Labute approximate surface area is 140 Å². The molecule has 0 atom stereocenters. The summed E-state index contributed by atoms with van der Waals surface area (Å²) >= 11 is 0. The lowest BCUT2D eigenvalue weighted by Gasteiger charge is -2.23. The molecule has 0 aliphatic carbocycles. The second-order valence-corrected chi connectivity index (χ2v) is 6.50. The molecule has 1 heterocycles. The zero-order valence-electron chi connectivity index (χ0n) is 14.1. The van der Waals surface area contributed by atoms with Gasteiger partial charge in [0.15, 0.2) is 5.82 Å². The molecule has 130 valence electrons. The summed E-state index contributed by atoms with van der Waals surface area (Å²) in [6.07, 6.45) is 0.603. The number of aryl methyl sites for hydroxylation is 1. The van der Waals surface area contributed by atoms with E-state index in [9.17, 15) is 9.18 Å². The van der Waals surface area contributed by atoms with Gasteiger partial charge >= 0.3 is 6.03 Å². The molecule has 24 heavy (non-hydrogen) atoms. The van der Waals surface area contributed by atoms with Crippen molar-refractivity contribution in [3.8, 4) is 5.69 Å². The Morgan fingerprint density at radius 1 is 1.33 bits per heavy atom. The number of carbonyl (C=O) groups is 1. The number of carbonyl (C=O) groups excluding carboxylic acids is 1. The molecule has 0 fully saturated rings. The fraction of sp³-hybridized carbons (Fsp3) is 0.412. The van der Waals surface area contributed by atoms with E-state index in [1.165, 1.54) is 12.1 Å². The summed E-state index contributed by atoms with van der Waals surface area (Å²) in [6, 6.07) is 7.35.